The standard InChI is InChI=1S/C13H13Cl2N3O2/c1-19-9-4-3-8(11(5-9)20-2)7-16-10-6-12(14)17-18-13(10)15/h3-6H,7H2,1-2H3,(H,16,17). The molecular weight excluding hydrogens is 301 g/mol. The van der Waals surface area contributed by atoms with Crippen molar-refractivity contribution in [3.8, 4) is 11.5 Å². The van der Waals surface area contributed by atoms with Crippen LogP contribution in [-0.4, -0.2) is 24.4 Å². The zero-order valence-corrected chi connectivity index (χ0v) is 12.5. The number of benzene rings is 1. The minimum atomic E-state index is 0.266. The summed E-state index contributed by atoms with van der Waals surface area (Å²) in [5.41, 5.74) is 1.57. The third-order valence-corrected chi connectivity index (χ3v) is 3.15. The first-order valence-corrected chi connectivity index (χ1v) is 6.53. The van der Waals surface area contributed by atoms with Gasteiger partial charge in [-0.1, -0.05) is 23.2 Å². The normalized spacial score (nSPS) is 10.2. The molecule has 5 nitrogen and oxygen atoms in total. The third kappa shape index (κ3) is 3.43. The number of methoxy groups -OCH3 is 2. The highest BCUT2D eigenvalue weighted by Crippen LogP contribution is 2.27. The SMILES string of the molecule is COc1ccc(CNc2cc(Cl)nnc2Cl)c(OC)c1. The molecule has 7 heteroatoms. The molecule has 1 heterocycles. The Hall–Kier alpha value is -1.72. The van der Waals surface area contributed by atoms with Gasteiger partial charge in [-0.3, -0.25) is 0 Å². The number of hydrogen-bond acceptors (Lipinski definition) is 5. The van der Waals surface area contributed by atoms with Gasteiger partial charge in [0.15, 0.2) is 10.3 Å². The van der Waals surface area contributed by atoms with Gasteiger partial charge in [0.25, 0.3) is 0 Å². The summed E-state index contributed by atoms with van der Waals surface area (Å²) in [6, 6.07) is 7.21. The van der Waals surface area contributed by atoms with Gasteiger partial charge in [0.2, 0.25) is 0 Å². The lowest BCUT2D eigenvalue weighted by atomic mass is 10.2. The molecule has 0 spiro atoms. The molecule has 20 heavy (non-hydrogen) atoms. The fraction of sp³-hybridized carbons (Fsp3) is 0.231. The van der Waals surface area contributed by atoms with Crippen LogP contribution >= 0.6 is 23.2 Å². The summed E-state index contributed by atoms with van der Waals surface area (Å²) < 4.78 is 10.5. The summed E-state index contributed by atoms with van der Waals surface area (Å²) in [6.07, 6.45) is 0. The summed E-state index contributed by atoms with van der Waals surface area (Å²) in [7, 11) is 3.22. The predicted molar refractivity (Wildman–Crippen MR) is 78.9 cm³/mol. The van der Waals surface area contributed by atoms with E-state index in [0.717, 1.165) is 17.1 Å². The highest BCUT2D eigenvalue weighted by Gasteiger charge is 2.08. The number of rotatable bonds is 5. The molecule has 1 aromatic heterocycles. The van der Waals surface area contributed by atoms with Gasteiger partial charge in [0, 0.05) is 24.2 Å². The van der Waals surface area contributed by atoms with Crippen molar-refractivity contribution in [1.82, 2.24) is 10.2 Å². The van der Waals surface area contributed by atoms with Crippen molar-refractivity contribution in [3.05, 3.63) is 40.1 Å². The molecule has 0 aliphatic rings. The summed E-state index contributed by atoms with van der Waals surface area (Å²) in [4.78, 5) is 0. The van der Waals surface area contributed by atoms with Crippen LogP contribution in [0.1, 0.15) is 5.56 Å². The zero-order valence-electron chi connectivity index (χ0n) is 11.0. The molecule has 1 aromatic carbocycles. The van der Waals surface area contributed by atoms with Gasteiger partial charge >= 0.3 is 0 Å². The van der Waals surface area contributed by atoms with Crippen LogP contribution in [0.2, 0.25) is 10.3 Å². The number of nitrogens with zero attached hydrogens (tertiary/aromatic N) is 2. The van der Waals surface area contributed by atoms with Crippen molar-refractivity contribution < 1.29 is 9.47 Å². The quantitative estimate of drug-likeness (QED) is 0.916. The van der Waals surface area contributed by atoms with Crippen molar-refractivity contribution in [2.24, 2.45) is 0 Å². The van der Waals surface area contributed by atoms with E-state index in [9.17, 15) is 0 Å². The van der Waals surface area contributed by atoms with E-state index in [4.69, 9.17) is 32.7 Å². The molecule has 0 aliphatic heterocycles. The molecule has 2 aromatic rings. The molecule has 0 saturated carbocycles. The molecule has 0 amide bonds. The van der Waals surface area contributed by atoms with E-state index in [1.807, 2.05) is 18.2 Å². The van der Waals surface area contributed by atoms with Crippen molar-refractivity contribution in [2.75, 3.05) is 19.5 Å². The fourth-order valence-electron chi connectivity index (χ4n) is 1.67. The molecule has 1 N–H and O–H groups in total. The second kappa shape index (κ2) is 6.63. The Balaban J connectivity index is 2.16. The van der Waals surface area contributed by atoms with E-state index in [0.29, 0.717) is 12.2 Å². The van der Waals surface area contributed by atoms with Gasteiger partial charge in [-0.15, -0.1) is 10.2 Å². The number of nitrogens with one attached hydrogen (secondary N) is 1. The topological polar surface area (TPSA) is 56.3 Å². The first kappa shape index (κ1) is 14.7. The van der Waals surface area contributed by atoms with Crippen molar-refractivity contribution >= 4 is 28.9 Å². The van der Waals surface area contributed by atoms with Gasteiger partial charge in [-0.25, -0.2) is 0 Å². The van der Waals surface area contributed by atoms with E-state index in [1.54, 1.807) is 20.3 Å². The monoisotopic (exact) mass is 313 g/mol. The Morgan fingerprint density at radius 2 is 1.90 bits per heavy atom. The maximum atomic E-state index is 5.94. The van der Waals surface area contributed by atoms with Crippen LogP contribution < -0.4 is 14.8 Å². The largest absolute Gasteiger partial charge is 0.497 e. The molecule has 0 radical (unpaired) electrons. The average Bonchev–Trinajstić information content (AvgIpc) is 2.48. The molecule has 0 atom stereocenters. The van der Waals surface area contributed by atoms with Gasteiger partial charge in [0.1, 0.15) is 11.5 Å². The van der Waals surface area contributed by atoms with Crippen LogP contribution in [0, 0.1) is 0 Å². The van der Waals surface area contributed by atoms with E-state index >= 15 is 0 Å². The summed E-state index contributed by atoms with van der Waals surface area (Å²) >= 11 is 11.7. The van der Waals surface area contributed by atoms with Gasteiger partial charge < -0.3 is 14.8 Å². The van der Waals surface area contributed by atoms with E-state index < -0.39 is 0 Å². The summed E-state index contributed by atoms with van der Waals surface area (Å²) in [5, 5.41) is 11.1. The van der Waals surface area contributed by atoms with Crippen LogP contribution in [0.25, 0.3) is 0 Å². The Morgan fingerprint density at radius 1 is 1.10 bits per heavy atom. The van der Waals surface area contributed by atoms with Gasteiger partial charge in [-0.05, 0) is 12.1 Å². The molecule has 0 aliphatic carbocycles. The first-order chi connectivity index (χ1) is 9.63. The second-order valence-electron chi connectivity index (χ2n) is 3.90. The predicted octanol–water partition coefficient (Wildman–Crippen LogP) is 3.41. The lowest BCUT2D eigenvalue weighted by Crippen LogP contribution is -2.03. The van der Waals surface area contributed by atoms with Crippen LogP contribution in [0.4, 0.5) is 5.69 Å². The molecule has 0 unspecified atom stereocenters. The zero-order chi connectivity index (χ0) is 14.5. The van der Waals surface area contributed by atoms with Crippen LogP contribution in [0.3, 0.4) is 0 Å². The molecule has 106 valence electrons. The number of hydrogen-bond donors (Lipinski definition) is 1. The fourth-order valence-corrected chi connectivity index (χ4v) is 1.97. The molecule has 0 bridgehead atoms. The first-order valence-electron chi connectivity index (χ1n) is 5.77. The minimum Gasteiger partial charge on any atom is -0.497 e. The highest BCUT2D eigenvalue weighted by molar-refractivity contribution is 6.33. The lowest BCUT2D eigenvalue weighted by molar-refractivity contribution is 0.391. The Labute approximate surface area is 126 Å². The second-order valence-corrected chi connectivity index (χ2v) is 4.65. The van der Waals surface area contributed by atoms with Crippen LogP contribution in [-0.2, 0) is 6.54 Å². The molecule has 2 rings (SSSR count). The Morgan fingerprint density at radius 3 is 2.60 bits per heavy atom. The Kier molecular flexibility index (Phi) is 4.87. The van der Waals surface area contributed by atoms with Crippen molar-refractivity contribution in [1.29, 1.82) is 0 Å². The molecular formula is C13H13Cl2N3O2. The number of anilines is 1. The highest BCUT2D eigenvalue weighted by atomic mass is 35.5. The minimum absolute atomic E-state index is 0.266. The van der Waals surface area contributed by atoms with E-state index in [1.165, 1.54) is 0 Å². The van der Waals surface area contributed by atoms with Crippen molar-refractivity contribution in [2.45, 2.75) is 6.54 Å². The maximum absolute atomic E-state index is 5.94. The summed E-state index contributed by atoms with van der Waals surface area (Å²) in [6.45, 7) is 0.509. The Bertz CT molecular complexity index is 608. The van der Waals surface area contributed by atoms with Crippen LogP contribution in [0.15, 0.2) is 24.3 Å². The molecule has 0 fully saturated rings. The van der Waals surface area contributed by atoms with E-state index in [2.05, 4.69) is 15.5 Å². The average molecular weight is 314 g/mol. The number of aromatic nitrogens is 2. The van der Waals surface area contributed by atoms with Crippen molar-refractivity contribution in [3.63, 3.8) is 0 Å². The lowest BCUT2D eigenvalue weighted by Gasteiger charge is -2.12. The molecule has 0 saturated heterocycles. The maximum Gasteiger partial charge on any atom is 0.174 e. The third-order valence-electron chi connectivity index (χ3n) is 2.68. The van der Waals surface area contributed by atoms with Gasteiger partial charge in [0.05, 0.1) is 19.9 Å². The number of halogens is 2. The van der Waals surface area contributed by atoms with E-state index in [-0.39, 0.29) is 10.3 Å². The summed E-state index contributed by atoms with van der Waals surface area (Å²) in [5.74, 6) is 1.46. The van der Waals surface area contributed by atoms with Gasteiger partial charge in [-0.2, -0.15) is 0 Å². The van der Waals surface area contributed by atoms with Crippen LogP contribution in [0.5, 0.6) is 11.5 Å². The number of ether oxygens (including phenoxy) is 2. The smallest absolute Gasteiger partial charge is 0.174 e.